The fraction of sp³-hybridized carbons (Fsp3) is 0.238. The van der Waals surface area contributed by atoms with Crippen LogP contribution in [0.3, 0.4) is 0 Å². The van der Waals surface area contributed by atoms with Gasteiger partial charge in [-0.1, -0.05) is 36.4 Å². The number of carbonyl (C=O) groups excluding carboxylic acids is 2. The Hall–Kier alpha value is -3.68. The number of esters is 1. The average Bonchev–Trinajstić information content (AvgIpc) is 2.71. The molecule has 0 fully saturated rings. The predicted octanol–water partition coefficient (Wildman–Crippen LogP) is 2.36. The van der Waals surface area contributed by atoms with Gasteiger partial charge in [0.15, 0.2) is 0 Å². The van der Waals surface area contributed by atoms with Gasteiger partial charge in [-0.2, -0.15) is 0 Å². The second kappa shape index (κ2) is 9.01. The van der Waals surface area contributed by atoms with Gasteiger partial charge >= 0.3 is 12.1 Å². The normalized spacial score (nSPS) is 11.7. The number of ether oxygens (including phenoxy) is 2. The van der Waals surface area contributed by atoms with Crippen LogP contribution < -0.4 is 10.9 Å². The molecule has 8 nitrogen and oxygen atoms in total. The van der Waals surface area contributed by atoms with Crippen LogP contribution in [0.2, 0.25) is 0 Å². The summed E-state index contributed by atoms with van der Waals surface area (Å²) < 4.78 is 11.7. The number of aromatic nitrogens is 2. The van der Waals surface area contributed by atoms with Gasteiger partial charge in [0.25, 0.3) is 5.56 Å². The molecule has 0 saturated carbocycles. The first kappa shape index (κ1) is 20.1. The quantitative estimate of drug-likeness (QED) is 0.644. The summed E-state index contributed by atoms with van der Waals surface area (Å²) in [4.78, 5) is 40.4. The molecule has 0 unspecified atom stereocenters. The zero-order chi connectivity index (χ0) is 20.8. The van der Waals surface area contributed by atoms with E-state index in [1.807, 2.05) is 43.3 Å². The SMILES string of the molecule is Cc1ccc2nc(COC(=O)[C@@H](C)NC(=O)OCc3ccccc3)cc(=O)n2c1. The molecule has 1 N–H and O–H groups in total. The van der Waals surface area contributed by atoms with Crippen LogP contribution in [0, 0.1) is 6.92 Å². The van der Waals surface area contributed by atoms with Crippen molar-refractivity contribution in [1.82, 2.24) is 14.7 Å². The number of nitrogens with one attached hydrogen (secondary N) is 1. The Balaban J connectivity index is 1.52. The molecule has 0 spiro atoms. The van der Waals surface area contributed by atoms with Gasteiger partial charge in [0.1, 0.15) is 24.9 Å². The molecule has 3 rings (SSSR count). The van der Waals surface area contributed by atoms with Crippen molar-refractivity contribution in [2.24, 2.45) is 0 Å². The molecule has 29 heavy (non-hydrogen) atoms. The van der Waals surface area contributed by atoms with Crippen LogP contribution in [0.25, 0.3) is 5.65 Å². The van der Waals surface area contributed by atoms with E-state index in [-0.39, 0.29) is 18.8 Å². The van der Waals surface area contributed by atoms with Gasteiger partial charge < -0.3 is 14.8 Å². The number of aryl methyl sites for hydroxylation is 1. The van der Waals surface area contributed by atoms with E-state index in [0.717, 1.165) is 11.1 Å². The summed E-state index contributed by atoms with van der Waals surface area (Å²) in [6.07, 6.45) is 0.962. The lowest BCUT2D eigenvalue weighted by molar-refractivity contribution is -0.147. The van der Waals surface area contributed by atoms with Crippen LogP contribution in [-0.2, 0) is 27.5 Å². The fourth-order valence-electron chi connectivity index (χ4n) is 2.60. The number of benzene rings is 1. The molecule has 150 valence electrons. The molecule has 0 aliphatic heterocycles. The van der Waals surface area contributed by atoms with E-state index in [1.165, 1.54) is 17.4 Å². The Labute approximate surface area is 167 Å². The number of hydrogen-bond acceptors (Lipinski definition) is 6. The minimum absolute atomic E-state index is 0.0961. The molecule has 1 atom stereocenters. The first-order valence-electron chi connectivity index (χ1n) is 9.05. The summed E-state index contributed by atoms with van der Waals surface area (Å²) in [6, 6.07) is 13.1. The number of carbonyl (C=O) groups is 2. The van der Waals surface area contributed by atoms with Crippen molar-refractivity contribution in [3.63, 3.8) is 0 Å². The third-order valence-corrected chi connectivity index (χ3v) is 4.12. The number of amides is 1. The van der Waals surface area contributed by atoms with Crippen molar-refractivity contribution in [1.29, 1.82) is 0 Å². The van der Waals surface area contributed by atoms with Crippen LogP contribution in [0.15, 0.2) is 59.5 Å². The molecule has 0 aliphatic rings. The van der Waals surface area contributed by atoms with Gasteiger partial charge in [0, 0.05) is 12.3 Å². The van der Waals surface area contributed by atoms with Gasteiger partial charge in [0.05, 0.1) is 5.69 Å². The molecule has 1 amide bonds. The molecular weight excluding hydrogens is 374 g/mol. The Morgan fingerprint density at radius 1 is 1.10 bits per heavy atom. The van der Waals surface area contributed by atoms with Crippen LogP contribution in [0.1, 0.15) is 23.7 Å². The standard InChI is InChI=1S/C21H21N3O5/c1-14-8-9-18-23-17(10-19(25)24(18)11-14)13-28-20(26)15(2)22-21(27)29-12-16-6-4-3-5-7-16/h3-11,15H,12-13H2,1-2H3,(H,22,27)/t15-/m1/s1. The highest BCUT2D eigenvalue weighted by Crippen LogP contribution is 2.05. The number of pyridine rings is 1. The lowest BCUT2D eigenvalue weighted by atomic mass is 10.2. The van der Waals surface area contributed by atoms with Gasteiger partial charge in [-0.15, -0.1) is 0 Å². The zero-order valence-electron chi connectivity index (χ0n) is 16.1. The molecule has 3 aromatic rings. The molecule has 0 aliphatic carbocycles. The minimum Gasteiger partial charge on any atom is -0.458 e. The largest absolute Gasteiger partial charge is 0.458 e. The van der Waals surface area contributed by atoms with Gasteiger partial charge in [-0.05, 0) is 31.0 Å². The lowest BCUT2D eigenvalue weighted by Gasteiger charge is -2.13. The van der Waals surface area contributed by atoms with Gasteiger partial charge in [-0.25, -0.2) is 14.6 Å². The predicted molar refractivity (Wildman–Crippen MR) is 105 cm³/mol. The monoisotopic (exact) mass is 395 g/mol. The van der Waals surface area contributed by atoms with E-state index in [2.05, 4.69) is 10.3 Å². The van der Waals surface area contributed by atoms with Crippen LogP contribution in [0.5, 0.6) is 0 Å². The van der Waals surface area contributed by atoms with E-state index in [4.69, 9.17) is 9.47 Å². The molecule has 2 aromatic heterocycles. The Bertz CT molecular complexity index is 1080. The molecule has 8 heteroatoms. The lowest BCUT2D eigenvalue weighted by Crippen LogP contribution is -2.39. The van der Waals surface area contributed by atoms with E-state index in [0.29, 0.717) is 11.3 Å². The molecule has 2 heterocycles. The smallest absolute Gasteiger partial charge is 0.408 e. The summed E-state index contributed by atoms with van der Waals surface area (Å²) in [5, 5.41) is 2.41. The van der Waals surface area contributed by atoms with Crippen LogP contribution in [0.4, 0.5) is 4.79 Å². The summed E-state index contributed by atoms with van der Waals surface area (Å²) in [6.45, 7) is 3.28. The van der Waals surface area contributed by atoms with E-state index in [1.54, 1.807) is 12.3 Å². The maximum atomic E-state index is 12.2. The number of nitrogens with zero attached hydrogens (tertiary/aromatic N) is 2. The fourth-order valence-corrected chi connectivity index (χ4v) is 2.60. The Morgan fingerprint density at radius 2 is 1.86 bits per heavy atom. The first-order valence-corrected chi connectivity index (χ1v) is 9.05. The summed E-state index contributed by atoms with van der Waals surface area (Å²) in [5.41, 5.74) is 2.29. The molecule has 1 aromatic carbocycles. The van der Waals surface area contributed by atoms with Crippen molar-refractivity contribution in [3.8, 4) is 0 Å². The van der Waals surface area contributed by atoms with E-state index in [9.17, 15) is 14.4 Å². The average molecular weight is 395 g/mol. The maximum Gasteiger partial charge on any atom is 0.408 e. The summed E-state index contributed by atoms with van der Waals surface area (Å²) in [7, 11) is 0. The third-order valence-electron chi connectivity index (χ3n) is 4.12. The van der Waals surface area contributed by atoms with Crippen molar-refractivity contribution in [2.75, 3.05) is 0 Å². The number of hydrogen-bond donors (Lipinski definition) is 1. The first-order chi connectivity index (χ1) is 13.9. The molecule has 0 radical (unpaired) electrons. The van der Waals surface area contributed by atoms with Crippen molar-refractivity contribution >= 4 is 17.7 Å². The van der Waals surface area contributed by atoms with Crippen molar-refractivity contribution in [2.45, 2.75) is 33.1 Å². The summed E-state index contributed by atoms with van der Waals surface area (Å²) >= 11 is 0. The highest BCUT2D eigenvalue weighted by molar-refractivity contribution is 5.80. The number of fused-ring (bicyclic) bond motifs is 1. The topological polar surface area (TPSA) is 99.0 Å². The molecular formula is C21H21N3O5. The highest BCUT2D eigenvalue weighted by atomic mass is 16.6. The molecule has 0 saturated heterocycles. The van der Waals surface area contributed by atoms with Crippen LogP contribution in [-0.4, -0.2) is 27.5 Å². The maximum absolute atomic E-state index is 12.2. The van der Waals surface area contributed by atoms with E-state index < -0.39 is 18.1 Å². The Kier molecular flexibility index (Phi) is 6.23. The molecule has 0 bridgehead atoms. The number of alkyl carbamates (subject to hydrolysis) is 1. The van der Waals surface area contributed by atoms with Crippen LogP contribution >= 0.6 is 0 Å². The van der Waals surface area contributed by atoms with Gasteiger partial charge in [-0.3, -0.25) is 9.20 Å². The highest BCUT2D eigenvalue weighted by Gasteiger charge is 2.18. The zero-order valence-corrected chi connectivity index (χ0v) is 16.1. The second-order valence-corrected chi connectivity index (χ2v) is 6.56. The van der Waals surface area contributed by atoms with E-state index >= 15 is 0 Å². The Morgan fingerprint density at radius 3 is 2.62 bits per heavy atom. The van der Waals surface area contributed by atoms with Crippen molar-refractivity contribution in [3.05, 3.63) is 81.9 Å². The third kappa shape index (κ3) is 5.41. The van der Waals surface area contributed by atoms with Gasteiger partial charge in [0.2, 0.25) is 0 Å². The minimum atomic E-state index is -0.914. The number of rotatable bonds is 6. The second-order valence-electron chi connectivity index (χ2n) is 6.56. The van der Waals surface area contributed by atoms with Crippen molar-refractivity contribution < 1.29 is 19.1 Å². The summed E-state index contributed by atoms with van der Waals surface area (Å²) in [5.74, 6) is -0.660.